The number of hydrogen-bond donors (Lipinski definition) is 1. The summed E-state index contributed by atoms with van der Waals surface area (Å²) in [7, 11) is 0. The van der Waals surface area contributed by atoms with Crippen LogP contribution in [-0.4, -0.2) is 18.5 Å². The Morgan fingerprint density at radius 1 is 1.13 bits per heavy atom. The van der Waals surface area contributed by atoms with Crippen LogP contribution >= 0.6 is 11.6 Å². The molecule has 1 heterocycles. The lowest BCUT2D eigenvalue weighted by atomic mass is 10.1. The Morgan fingerprint density at radius 3 is 2.57 bits per heavy atom. The van der Waals surface area contributed by atoms with Crippen molar-refractivity contribution in [2.75, 3.05) is 11.4 Å². The van der Waals surface area contributed by atoms with Gasteiger partial charge in [-0.2, -0.15) is 0 Å². The van der Waals surface area contributed by atoms with Crippen LogP contribution in [0, 0.1) is 0 Å². The number of carbonyl (C=O) groups is 1. The average Bonchev–Trinajstić information content (AvgIpc) is 3.04. The zero-order valence-electron chi connectivity index (χ0n) is 12.8. The maximum absolute atomic E-state index is 11.5. The van der Waals surface area contributed by atoms with Gasteiger partial charge in [0.05, 0.1) is 0 Å². The van der Waals surface area contributed by atoms with Gasteiger partial charge in [-0.25, -0.2) is 0 Å². The lowest BCUT2D eigenvalue weighted by Crippen LogP contribution is -2.40. The zero-order chi connectivity index (χ0) is 16.2. The number of carbonyl (C=O) groups excluding carboxylic acids is 1. The van der Waals surface area contributed by atoms with Crippen LogP contribution in [0.15, 0.2) is 48.5 Å². The van der Waals surface area contributed by atoms with Crippen LogP contribution in [0.4, 0.5) is 5.69 Å². The second-order valence-electron chi connectivity index (χ2n) is 5.70. The SMILES string of the molecule is NC(=O)[C@H]1CCCN1c1ccc(/C=C/c2ccccc2Cl)cc1. The summed E-state index contributed by atoms with van der Waals surface area (Å²) in [5, 5.41) is 0.738. The average molecular weight is 327 g/mol. The van der Waals surface area contributed by atoms with Gasteiger partial charge in [0.25, 0.3) is 0 Å². The zero-order valence-corrected chi connectivity index (χ0v) is 13.5. The molecular weight excluding hydrogens is 308 g/mol. The van der Waals surface area contributed by atoms with E-state index in [-0.39, 0.29) is 11.9 Å². The molecule has 3 nitrogen and oxygen atoms in total. The number of nitrogens with two attached hydrogens (primary N) is 1. The molecule has 1 atom stereocenters. The van der Waals surface area contributed by atoms with Gasteiger partial charge >= 0.3 is 0 Å². The Bertz CT molecular complexity index is 724. The van der Waals surface area contributed by atoms with Crippen LogP contribution in [0.2, 0.25) is 5.02 Å². The molecule has 0 aliphatic carbocycles. The fourth-order valence-corrected chi connectivity index (χ4v) is 3.14. The third-order valence-electron chi connectivity index (χ3n) is 4.17. The molecule has 0 radical (unpaired) electrons. The highest BCUT2D eigenvalue weighted by Crippen LogP contribution is 2.26. The second-order valence-corrected chi connectivity index (χ2v) is 6.11. The summed E-state index contributed by atoms with van der Waals surface area (Å²) >= 11 is 6.15. The van der Waals surface area contributed by atoms with E-state index in [0.717, 1.165) is 41.2 Å². The molecule has 0 aromatic heterocycles. The van der Waals surface area contributed by atoms with E-state index in [2.05, 4.69) is 4.90 Å². The summed E-state index contributed by atoms with van der Waals surface area (Å²) in [6.07, 6.45) is 5.87. The molecule has 4 heteroatoms. The molecule has 2 aromatic rings. The van der Waals surface area contributed by atoms with Gasteiger partial charge in [0, 0.05) is 17.3 Å². The van der Waals surface area contributed by atoms with Crippen LogP contribution in [0.3, 0.4) is 0 Å². The Labute approximate surface area is 141 Å². The summed E-state index contributed by atoms with van der Waals surface area (Å²) in [4.78, 5) is 13.6. The number of rotatable bonds is 4. The highest BCUT2D eigenvalue weighted by atomic mass is 35.5. The molecule has 0 spiro atoms. The van der Waals surface area contributed by atoms with Crippen molar-refractivity contribution in [3.05, 3.63) is 64.7 Å². The molecule has 1 fully saturated rings. The fraction of sp³-hybridized carbons (Fsp3) is 0.211. The molecule has 0 bridgehead atoms. The molecule has 0 unspecified atom stereocenters. The number of primary amides is 1. The molecule has 1 aliphatic heterocycles. The minimum atomic E-state index is -0.245. The van der Waals surface area contributed by atoms with E-state index in [0.29, 0.717) is 0 Å². The number of anilines is 1. The molecule has 1 aliphatic rings. The number of nitrogens with zero attached hydrogens (tertiary/aromatic N) is 1. The smallest absolute Gasteiger partial charge is 0.240 e. The lowest BCUT2D eigenvalue weighted by molar-refractivity contribution is -0.119. The van der Waals surface area contributed by atoms with Crippen molar-refractivity contribution in [1.29, 1.82) is 0 Å². The highest BCUT2D eigenvalue weighted by Gasteiger charge is 2.28. The van der Waals surface area contributed by atoms with E-state index >= 15 is 0 Å². The Balaban J connectivity index is 1.75. The van der Waals surface area contributed by atoms with Gasteiger partial charge in [0.1, 0.15) is 6.04 Å². The van der Waals surface area contributed by atoms with Crippen molar-refractivity contribution in [3.63, 3.8) is 0 Å². The number of amides is 1. The summed E-state index contributed by atoms with van der Waals surface area (Å²) in [5.74, 6) is -0.245. The lowest BCUT2D eigenvalue weighted by Gasteiger charge is -2.24. The fourth-order valence-electron chi connectivity index (χ4n) is 2.94. The summed E-state index contributed by atoms with van der Waals surface area (Å²) in [6, 6.07) is 15.7. The standard InChI is InChI=1S/C19H19ClN2O/c20-17-5-2-1-4-15(17)10-7-14-8-11-16(12-9-14)22-13-3-6-18(22)19(21)23/h1-2,4-5,7-12,18H,3,6,13H2,(H2,21,23)/b10-7+/t18-/m1/s1. The third-order valence-corrected chi connectivity index (χ3v) is 4.51. The minimum absolute atomic E-state index is 0.181. The van der Waals surface area contributed by atoms with Crippen molar-refractivity contribution < 1.29 is 4.79 Å². The van der Waals surface area contributed by atoms with E-state index in [1.807, 2.05) is 60.7 Å². The van der Waals surface area contributed by atoms with Gasteiger partial charge in [0.15, 0.2) is 0 Å². The van der Waals surface area contributed by atoms with Crippen LogP contribution < -0.4 is 10.6 Å². The molecule has 1 amide bonds. The van der Waals surface area contributed by atoms with Crippen molar-refractivity contribution in [2.24, 2.45) is 5.73 Å². The van der Waals surface area contributed by atoms with Crippen LogP contribution in [0.1, 0.15) is 24.0 Å². The third kappa shape index (κ3) is 3.57. The monoisotopic (exact) mass is 326 g/mol. The van der Waals surface area contributed by atoms with Gasteiger partial charge in [0.2, 0.25) is 5.91 Å². The van der Waals surface area contributed by atoms with Gasteiger partial charge in [-0.1, -0.05) is 54.1 Å². The first kappa shape index (κ1) is 15.6. The predicted molar refractivity (Wildman–Crippen MR) is 96.4 cm³/mol. The predicted octanol–water partition coefficient (Wildman–Crippen LogP) is 3.96. The number of hydrogen-bond acceptors (Lipinski definition) is 2. The summed E-state index contributed by atoms with van der Waals surface area (Å²) in [6.45, 7) is 0.877. The quantitative estimate of drug-likeness (QED) is 0.864. The first-order valence-corrected chi connectivity index (χ1v) is 8.11. The van der Waals surface area contributed by atoms with E-state index in [4.69, 9.17) is 17.3 Å². The van der Waals surface area contributed by atoms with Crippen molar-refractivity contribution in [3.8, 4) is 0 Å². The molecule has 3 rings (SSSR count). The first-order chi connectivity index (χ1) is 11.1. The minimum Gasteiger partial charge on any atom is -0.368 e. The van der Waals surface area contributed by atoms with Gasteiger partial charge in [-0.3, -0.25) is 4.79 Å². The largest absolute Gasteiger partial charge is 0.368 e. The van der Waals surface area contributed by atoms with Gasteiger partial charge < -0.3 is 10.6 Å². The second kappa shape index (κ2) is 6.88. The number of benzene rings is 2. The molecule has 2 aromatic carbocycles. The van der Waals surface area contributed by atoms with E-state index in [9.17, 15) is 4.79 Å². The van der Waals surface area contributed by atoms with Gasteiger partial charge in [-0.05, 0) is 42.2 Å². The van der Waals surface area contributed by atoms with E-state index in [1.54, 1.807) is 0 Å². The maximum atomic E-state index is 11.5. The van der Waals surface area contributed by atoms with Crippen molar-refractivity contribution in [1.82, 2.24) is 0 Å². The van der Waals surface area contributed by atoms with Crippen LogP contribution in [0.25, 0.3) is 12.2 Å². The van der Waals surface area contributed by atoms with Crippen molar-refractivity contribution >= 4 is 35.3 Å². The normalized spacial score (nSPS) is 17.8. The highest BCUT2D eigenvalue weighted by molar-refractivity contribution is 6.32. The topological polar surface area (TPSA) is 46.3 Å². The van der Waals surface area contributed by atoms with Crippen molar-refractivity contribution in [2.45, 2.75) is 18.9 Å². The van der Waals surface area contributed by atoms with Gasteiger partial charge in [-0.15, -0.1) is 0 Å². The molecule has 118 valence electrons. The van der Waals surface area contributed by atoms with E-state index < -0.39 is 0 Å². The molecule has 1 saturated heterocycles. The molecule has 0 saturated carbocycles. The first-order valence-electron chi connectivity index (χ1n) is 7.74. The Kier molecular flexibility index (Phi) is 4.68. The van der Waals surface area contributed by atoms with Crippen LogP contribution in [0.5, 0.6) is 0 Å². The molecule has 2 N–H and O–H groups in total. The van der Waals surface area contributed by atoms with E-state index in [1.165, 1.54) is 0 Å². The summed E-state index contributed by atoms with van der Waals surface area (Å²) in [5.41, 5.74) is 8.60. The van der Waals surface area contributed by atoms with Crippen LogP contribution in [-0.2, 0) is 4.79 Å². The molecular formula is C19H19ClN2O. The maximum Gasteiger partial charge on any atom is 0.240 e. The molecule has 23 heavy (non-hydrogen) atoms. The summed E-state index contributed by atoms with van der Waals surface area (Å²) < 4.78 is 0. The Hall–Kier alpha value is -2.26. The number of halogens is 1. The Morgan fingerprint density at radius 2 is 1.87 bits per heavy atom.